The Morgan fingerprint density at radius 2 is 1.46 bits per heavy atom. The molecule has 0 aromatic heterocycles. The minimum Gasteiger partial charge on any atom is -0.452 e. The summed E-state index contributed by atoms with van der Waals surface area (Å²) < 4.78 is 9.96. The molecule has 2 aromatic carbocycles. The van der Waals surface area contributed by atoms with E-state index in [1.165, 1.54) is 0 Å². The van der Waals surface area contributed by atoms with Gasteiger partial charge in [-0.3, -0.25) is 14.9 Å². The highest BCUT2D eigenvalue weighted by Gasteiger charge is 2.16. The first-order valence-electron chi connectivity index (χ1n) is 8.90. The van der Waals surface area contributed by atoms with Crippen molar-refractivity contribution < 1.29 is 23.9 Å². The highest BCUT2D eigenvalue weighted by molar-refractivity contribution is 6.05. The lowest BCUT2D eigenvalue weighted by Gasteiger charge is -2.19. The second-order valence-corrected chi connectivity index (χ2v) is 7.41. The third kappa shape index (κ3) is 6.03. The van der Waals surface area contributed by atoms with Crippen molar-refractivity contribution in [3.63, 3.8) is 0 Å². The van der Waals surface area contributed by atoms with Crippen LogP contribution in [-0.2, 0) is 26.3 Å². The number of nitrogens with one attached hydrogen (secondary N) is 1. The fourth-order valence-corrected chi connectivity index (χ4v) is 2.47. The minimum absolute atomic E-state index is 0.0270. The maximum Gasteiger partial charge on any atom is 0.338 e. The average molecular weight is 383 g/mol. The van der Waals surface area contributed by atoms with Crippen LogP contribution in [0.1, 0.15) is 52.6 Å². The molecule has 0 unspecified atom stereocenters. The van der Waals surface area contributed by atoms with E-state index in [1.54, 1.807) is 43.5 Å². The van der Waals surface area contributed by atoms with Crippen LogP contribution in [0.25, 0.3) is 0 Å². The molecule has 0 saturated carbocycles. The molecular weight excluding hydrogens is 358 g/mol. The Kier molecular flexibility index (Phi) is 7.06. The number of esters is 1. The summed E-state index contributed by atoms with van der Waals surface area (Å²) in [5, 5.41) is 2.22. The van der Waals surface area contributed by atoms with Crippen molar-refractivity contribution in [3.05, 3.63) is 70.8 Å². The highest BCUT2D eigenvalue weighted by atomic mass is 16.5. The summed E-state index contributed by atoms with van der Waals surface area (Å²) in [6, 6.07) is 13.7. The van der Waals surface area contributed by atoms with Gasteiger partial charge in [0.05, 0.1) is 12.2 Å². The topological polar surface area (TPSA) is 81.7 Å². The van der Waals surface area contributed by atoms with Crippen molar-refractivity contribution in [2.75, 3.05) is 13.7 Å². The zero-order valence-electron chi connectivity index (χ0n) is 16.6. The quantitative estimate of drug-likeness (QED) is 0.775. The van der Waals surface area contributed by atoms with Gasteiger partial charge in [-0.1, -0.05) is 45.0 Å². The molecule has 0 saturated heterocycles. The van der Waals surface area contributed by atoms with Crippen molar-refractivity contribution in [2.24, 2.45) is 0 Å². The lowest BCUT2D eigenvalue weighted by atomic mass is 9.87. The number of hydrogen-bond donors (Lipinski definition) is 1. The molecule has 2 aromatic rings. The summed E-state index contributed by atoms with van der Waals surface area (Å²) in [5.41, 5.74) is 2.65. The summed E-state index contributed by atoms with van der Waals surface area (Å²) in [7, 11) is 1.58. The molecule has 148 valence electrons. The van der Waals surface area contributed by atoms with Crippen molar-refractivity contribution in [2.45, 2.75) is 32.8 Å². The Morgan fingerprint density at radius 3 is 2.00 bits per heavy atom. The first kappa shape index (κ1) is 21.3. The van der Waals surface area contributed by atoms with E-state index >= 15 is 0 Å². The molecule has 0 aliphatic carbocycles. The van der Waals surface area contributed by atoms with Crippen molar-refractivity contribution in [3.8, 4) is 0 Å². The molecule has 1 N–H and O–H groups in total. The Balaban J connectivity index is 1.86. The Hall–Kier alpha value is -2.99. The SMILES string of the molecule is COCc1ccc(C(=O)OCC(=O)NC(=O)c2ccc(C(C)(C)C)cc2)cc1. The molecular formula is C22H25NO5. The van der Waals surface area contributed by atoms with Crippen LogP contribution in [-0.4, -0.2) is 31.5 Å². The lowest BCUT2D eigenvalue weighted by Crippen LogP contribution is -2.34. The first-order valence-corrected chi connectivity index (χ1v) is 8.90. The van der Waals surface area contributed by atoms with Gasteiger partial charge in [0.2, 0.25) is 0 Å². The van der Waals surface area contributed by atoms with Gasteiger partial charge in [-0.25, -0.2) is 4.79 Å². The molecule has 0 aliphatic heterocycles. The molecule has 6 nitrogen and oxygen atoms in total. The van der Waals surface area contributed by atoms with Crippen LogP contribution in [0.4, 0.5) is 0 Å². The second kappa shape index (κ2) is 9.28. The summed E-state index contributed by atoms with van der Waals surface area (Å²) in [6.45, 7) is 6.13. The summed E-state index contributed by atoms with van der Waals surface area (Å²) >= 11 is 0. The van der Waals surface area contributed by atoms with Crippen LogP contribution in [0.2, 0.25) is 0 Å². The fraction of sp³-hybridized carbons (Fsp3) is 0.318. The van der Waals surface area contributed by atoms with Gasteiger partial charge in [-0.15, -0.1) is 0 Å². The third-order valence-electron chi connectivity index (χ3n) is 4.10. The van der Waals surface area contributed by atoms with Gasteiger partial charge in [0.15, 0.2) is 6.61 Å². The molecule has 2 amide bonds. The van der Waals surface area contributed by atoms with Gasteiger partial charge in [-0.2, -0.15) is 0 Å². The molecule has 0 radical (unpaired) electrons. The monoisotopic (exact) mass is 383 g/mol. The Bertz CT molecular complexity index is 833. The van der Waals surface area contributed by atoms with Gasteiger partial charge in [-0.05, 0) is 40.8 Å². The number of benzene rings is 2. The van der Waals surface area contributed by atoms with E-state index < -0.39 is 24.4 Å². The standard InChI is InChI=1S/C22H25NO5/c1-22(2,3)18-11-9-16(10-12-18)20(25)23-19(24)14-28-21(26)17-7-5-15(6-8-17)13-27-4/h5-12H,13-14H2,1-4H3,(H,23,24,25). The summed E-state index contributed by atoms with van der Waals surface area (Å²) in [5.74, 6) is -1.86. The van der Waals surface area contributed by atoms with E-state index in [1.807, 2.05) is 12.1 Å². The van der Waals surface area contributed by atoms with Gasteiger partial charge >= 0.3 is 5.97 Å². The van der Waals surface area contributed by atoms with E-state index in [0.29, 0.717) is 17.7 Å². The molecule has 0 bridgehead atoms. The zero-order valence-corrected chi connectivity index (χ0v) is 16.6. The number of imide groups is 1. The van der Waals surface area contributed by atoms with Gasteiger partial charge < -0.3 is 9.47 Å². The normalized spacial score (nSPS) is 11.0. The molecule has 0 fully saturated rings. The Labute approximate surface area is 164 Å². The van der Waals surface area contributed by atoms with Crippen LogP contribution < -0.4 is 5.32 Å². The van der Waals surface area contributed by atoms with Gasteiger partial charge in [0.1, 0.15) is 0 Å². The number of carbonyl (C=O) groups is 3. The van der Waals surface area contributed by atoms with Crippen molar-refractivity contribution in [1.29, 1.82) is 0 Å². The van der Waals surface area contributed by atoms with E-state index in [0.717, 1.165) is 11.1 Å². The molecule has 2 rings (SSSR count). The van der Waals surface area contributed by atoms with E-state index in [-0.39, 0.29) is 5.41 Å². The van der Waals surface area contributed by atoms with Gasteiger partial charge in [0.25, 0.3) is 11.8 Å². The fourth-order valence-electron chi connectivity index (χ4n) is 2.47. The Morgan fingerprint density at radius 1 is 0.893 bits per heavy atom. The number of hydrogen-bond acceptors (Lipinski definition) is 5. The van der Waals surface area contributed by atoms with Crippen LogP contribution in [0.3, 0.4) is 0 Å². The number of methoxy groups -OCH3 is 1. The van der Waals surface area contributed by atoms with Crippen molar-refractivity contribution >= 4 is 17.8 Å². The largest absolute Gasteiger partial charge is 0.452 e. The number of amides is 2. The lowest BCUT2D eigenvalue weighted by molar-refractivity contribution is -0.123. The first-order chi connectivity index (χ1) is 13.2. The summed E-state index contributed by atoms with van der Waals surface area (Å²) in [4.78, 5) is 36.0. The van der Waals surface area contributed by atoms with E-state index in [9.17, 15) is 14.4 Å². The number of carbonyl (C=O) groups excluding carboxylic acids is 3. The molecule has 28 heavy (non-hydrogen) atoms. The molecule has 0 heterocycles. The smallest absolute Gasteiger partial charge is 0.338 e. The maximum absolute atomic E-state index is 12.1. The minimum atomic E-state index is -0.686. The summed E-state index contributed by atoms with van der Waals surface area (Å²) in [6.07, 6.45) is 0. The molecule has 6 heteroatoms. The number of rotatable bonds is 6. The zero-order chi connectivity index (χ0) is 20.7. The second-order valence-electron chi connectivity index (χ2n) is 7.41. The van der Waals surface area contributed by atoms with Gasteiger partial charge in [0, 0.05) is 12.7 Å². The van der Waals surface area contributed by atoms with Crippen LogP contribution in [0.15, 0.2) is 48.5 Å². The molecule has 0 atom stereocenters. The average Bonchev–Trinajstić information content (AvgIpc) is 2.66. The predicted molar refractivity (Wildman–Crippen MR) is 105 cm³/mol. The van der Waals surface area contributed by atoms with Crippen LogP contribution in [0.5, 0.6) is 0 Å². The molecule has 0 aliphatic rings. The van der Waals surface area contributed by atoms with Crippen LogP contribution >= 0.6 is 0 Å². The molecule has 0 spiro atoms. The number of ether oxygens (including phenoxy) is 2. The predicted octanol–water partition coefficient (Wildman–Crippen LogP) is 3.24. The van der Waals surface area contributed by atoms with E-state index in [4.69, 9.17) is 9.47 Å². The van der Waals surface area contributed by atoms with Crippen molar-refractivity contribution in [1.82, 2.24) is 5.32 Å². The maximum atomic E-state index is 12.1. The third-order valence-corrected chi connectivity index (χ3v) is 4.10. The highest BCUT2D eigenvalue weighted by Crippen LogP contribution is 2.22. The van der Waals surface area contributed by atoms with E-state index in [2.05, 4.69) is 26.1 Å². The van der Waals surface area contributed by atoms with Crippen LogP contribution in [0, 0.1) is 0 Å².